The fourth-order valence-electron chi connectivity index (χ4n) is 4.31. The summed E-state index contributed by atoms with van der Waals surface area (Å²) in [6, 6.07) is 13.0. The molecule has 0 amide bonds. The van der Waals surface area contributed by atoms with Crippen molar-refractivity contribution >= 4 is 15.9 Å². The zero-order chi connectivity index (χ0) is 26.1. The molecule has 0 aromatic heterocycles. The predicted molar refractivity (Wildman–Crippen MR) is 146 cm³/mol. The molecule has 2 aromatic carbocycles. The van der Waals surface area contributed by atoms with E-state index >= 15 is 0 Å². The highest BCUT2D eigenvalue weighted by atomic mass is 32.2. The van der Waals surface area contributed by atoms with Gasteiger partial charge in [0.2, 0.25) is 0 Å². The second-order valence-corrected chi connectivity index (χ2v) is 11.3. The lowest BCUT2D eigenvalue weighted by molar-refractivity contribution is 0.346. The quantitative estimate of drug-likeness (QED) is 0.269. The summed E-state index contributed by atoms with van der Waals surface area (Å²) in [5, 5.41) is 6.69. The van der Waals surface area contributed by atoms with E-state index in [4.69, 9.17) is 5.10 Å². The van der Waals surface area contributed by atoms with E-state index in [-0.39, 0.29) is 17.9 Å². The maximum absolute atomic E-state index is 13.2. The van der Waals surface area contributed by atoms with Crippen molar-refractivity contribution in [1.82, 2.24) is 14.5 Å². The molecule has 0 bridgehead atoms. The smallest absolute Gasteiger partial charge is 0.277 e. The summed E-state index contributed by atoms with van der Waals surface area (Å²) < 4.78 is 43.3. The fraction of sp³-hybridized carbons (Fsp3) is 0.536. The summed E-state index contributed by atoms with van der Waals surface area (Å²) in [5.41, 5.74) is 5.65. The van der Waals surface area contributed by atoms with Crippen LogP contribution in [0.4, 0.5) is 4.39 Å². The molecule has 1 atom stereocenters. The summed E-state index contributed by atoms with van der Waals surface area (Å²) in [6.45, 7) is 6.94. The molecule has 6 nitrogen and oxygen atoms in total. The molecule has 2 N–H and O–H groups in total. The van der Waals surface area contributed by atoms with E-state index in [1.807, 2.05) is 12.1 Å². The molecular weight excluding hydrogens is 475 g/mol. The van der Waals surface area contributed by atoms with E-state index < -0.39 is 10.2 Å². The third-order valence-electron chi connectivity index (χ3n) is 6.24. The molecule has 2 aliphatic rings. The third-order valence-corrected chi connectivity index (χ3v) is 7.52. The van der Waals surface area contributed by atoms with Gasteiger partial charge in [-0.1, -0.05) is 51.5 Å². The van der Waals surface area contributed by atoms with Gasteiger partial charge >= 0.3 is 0 Å². The summed E-state index contributed by atoms with van der Waals surface area (Å²) in [4.78, 5) is 0. The highest BCUT2D eigenvalue weighted by molar-refractivity contribution is 7.87. The minimum Gasteiger partial charge on any atom is -0.295 e. The monoisotopic (exact) mass is 516 g/mol. The van der Waals surface area contributed by atoms with Crippen LogP contribution in [0.5, 0.6) is 0 Å². The molecule has 36 heavy (non-hydrogen) atoms. The van der Waals surface area contributed by atoms with Crippen LogP contribution in [0.25, 0.3) is 0 Å². The Kier molecular flexibility index (Phi) is 10.5. The lowest BCUT2D eigenvalue weighted by atomic mass is 9.97. The maximum Gasteiger partial charge on any atom is 0.277 e. The Morgan fingerprint density at radius 3 is 2.11 bits per heavy atom. The SMILES string of the molecule is CC/C(=N\N(C)Cc1ccc(F)cc1)c1ccc2c(c1)CCC(NS(=O)(=O)NC1CC1)CC2.CCC. The minimum atomic E-state index is -3.43. The molecule has 2 aromatic rings. The standard InChI is InChI=1S/C25H33FN4O2S.C3H8/c1-3-25(27-30(2)17-18-4-10-22(26)11-5-18)21-7-6-19-8-12-23(13-9-20(19)16-21)28-33(31,32)29-24-14-15-24;1-3-2/h4-7,10-11,16,23-24,28-29H,3,8-9,12-15,17H2,1-2H3;3H2,1-2H3/b27-25+;. The lowest BCUT2D eigenvalue weighted by Gasteiger charge is -2.17. The number of nitrogens with one attached hydrogen (secondary N) is 2. The van der Waals surface area contributed by atoms with Crippen molar-refractivity contribution in [2.75, 3.05) is 7.05 Å². The fourth-order valence-corrected chi connectivity index (χ4v) is 5.72. The molecule has 0 saturated heterocycles. The number of nitrogens with zero attached hydrogens (tertiary/aromatic N) is 2. The number of hydrogen-bond donors (Lipinski definition) is 2. The Bertz CT molecular complexity index is 1110. The maximum atomic E-state index is 13.2. The average Bonchev–Trinajstić information content (AvgIpc) is 3.66. The van der Waals surface area contributed by atoms with E-state index in [1.54, 1.807) is 12.1 Å². The highest BCUT2D eigenvalue weighted by Crippen LogP contribution is 2.24. The first kappa shape index (κ1) is 28.3. The molecule has 0 spiro atoms. The second-order valence-electron chi connectivity index (χ2n) is 9.82. The Hall–Kier alpha value is -2.29. The van der Waals surface area contributed by atoms with Gasteiger partial charge in [0.05, 0.1) is 12.3 Å². The normalized spacial score (nSPS) is 18.0. The number of fused-ring (bicyclic) bond motifs is 1. The number of benzene rings is 2. The first-order chi connectivity index (χ1) is 17.2. The van der Waals surface area contributed by atoms with Gasteiger partial charge in [-0.2, -0.15) is 23.0 Å². The third kappa shape index (κ3) is 8.98. The molecule has 0 radical (unpaired) electrons. The molecular formula is C28H41FN4O2S. The zero-order valence-electron chi connectivity index (χ0n) is 22.1. The van der Waals surface area contributed by atoms with Gasteiger partial charge in [-0.05, 0) is 85.4 Å². The Balaban J connectivity index is 0.00000115. The van der Waals surface area contributed by atoms with Crippen LogP contribution in [-0.2, 0) is 29.6 Å². The van der Waals surface area contributed by atoms with E-state index in [9.17, 15) is 12.8 Å². The van der Waals surface area contributed by atoms with Crippen LogP contribution in [0.15, 0.2) is 47.6 Å². The number of hydrogen-bond acceptors (Lipinski definition) is 4. The van der Waals surface area contributed by atoms with Crippen molar-refractivity contribution < 1.29 is 12.8 Å². The minimum absolute atomic E-state index is 0.0572. The van der Waals surface area contributed by atoms with Gasteiger partial charge in [0, 0.05) is 19.1 Å². The van der Waals surface area contributed by atoms with Crippen molar-refractivity contribution in [1.29, 1.82) is 0 Å². The van der Waals surface area contributed by atoms with Crippen LogP contribution in [0, 0.1) is 5.82 Å². The largest absolute Gasteiger partial charge is 0.295 e. The second kappa shape index (κ2) is 13.3. The first-order valence-corrected chi connectivity index (χ1v) is 14.7. The lowest BCUT2D eigenvalue weighted by Crippen LogP contribution is -2.43. The van der Waals surface area contributed by atoms with Gasteiger partial charge in [0.25, 0.3) is 10.2 Å². The summed E-state index contributed by atoms with van der Waals surface area (Å²) >= 11 is 0. The number of aryl methyl sites for hydroxylation is 2. The van der Waals surface area contributed by atoms with Gasteiger partial charge in [-0.25, -0.2) is 4.39 Å². The topological polar surface area (TPSA) is 73.8 Å². The molecule has 198 valence electrons. The van der Waals surface area contributed by atoms with Crippen molar-refractivity contribution in [2.24, 2.45) is 5.10 Å². The average molecular weight is 517 g/mol. The van der Waals surface area contributed by atoms with E-state index in [1.165, 1.54) is 29.7 Å². The number of halogens is 1. The van der Waals surface area contributed by atoms with E-state index in [0.29, 0.717) is 6.54 Å². The summed E-state index contributed by atoms with van der Waals surface area (Å²) in [5.74, 6) is -0.238. The van der Waals surface area contributed by atoms with Crippen molar-refractivity contribution in [3.05, 3.63) is 70.5 Å². The van der Waals surface area contributed by atoms with Gasteiger partial charge in [-0.3, -0.25) is 5.01 Å². The Morgan fingerprint density at radius 2 is 1.53 bits per heavy atom. The Morgan fingerprint density at radius 1 is 0.944 bits per heavy atom. The number of hydrazone groups is 1. The molecule has 1 unspecified atom stereocenters. The molecule has 4 rings (SSSR count). The highest BCUT2D eigenvalue weighted by Gasteiger charge is 2.29. The van der Waals surface area contributed by atoms with Crippen LogP contribution in [0.3, 0.4) is 0 Å². The van der Waals surface area contributed by atoms with Gasteiger partial charge in [0.15, 0.2) is 0 Å². The molecule has 1 fully saturated rings. The van der Waals surface area contributed by atoms with Gasteiger partial charge in [-0.15, -0.1) is 0 Å². The molecule has 0 aliphatic heterocycles. The van der Waals surface area contributed by atoms with Crippen molar-refractivity contribution in [3.63, 3.8) is 0 Å². The van der Waals surface area contributed by atoms with E-state index in [2.05, 4.69) is 48.4 Å². The molecule has 2 aliphatic carbocycles. The van der Waals surface area contributed by atoms with Crippen molar-refractivity contribution in [2.45, 2.75) is 90.8 Å². The van der Waals surface area contributed by atoms with Crippen LogP contribution in [0.1, 0.15) is 81.5 Å². The zero-order valence-corrected chi connectivity index (χ0v) is 22.9. The Labute approximate surface area is 216 Å². The molecule has 1 saturated carbocycles. The van der Waals surface area contributed by atoms with Crippen LogP contribution in [0.2, 0.25) is 0 Å². The van der Waals surface area contributed by atoms with Crippen LogP contribution < -0.4 is 9.44 Å². The van der Waals surface area contributed by atoms with Crippen LogP contribution >= 0.6 is 0 Å². The predicted octanol–water partition coefficient (Wildman–Crippen LogP) is 5.32. The first-order valence-electron chi connectivity index (χ1n) is 13.2. The summed E-state index contributed by atoms with van der Waals surface area (Å²) in [6.07, 6.45) is 7.18. The molecule has 8 heteroatoms. The number of rotatable bonds is 9. The summed E-state index contributed by atoms with van der Waals surface area (Å²) in [7, 11) is -1.51. The van der Waals surface area contributed by atoms with Crippen LogP contribution in [-0.4, -0.2) is 38.3 Å². The van der Waals surface area contributed by atoms with Gasteiger partial charge < -0.3 is 0 Å². The van der Waals surface area contributed by atoms with Crippen molar-refractivity contribution in [3.8, 4) is 0 Å². The molecule has 0 heterocycles. The van der Waals surface area contributed by atoms with E-state index in [0.717, 1.165) is 61.8 Å². The van der Waals surface area contributed by atoms with Gasteiger partial charge in [0.1, 0.15) is 5.82 Å².